The minimum atomic E-state index is -0.707. The fourth-order valence-electron chi connectivity index (χ4n) is 2.01. The van der Waals surface area contributed by atoms with Gasteiger partial charge in [0.1, 0.15) is 11.3 Å². The number of esters is 1. The molecule has 0 atom stereocenters. The number of nitrogens with one attached hydrogen (secondary N) is 1. The van der Waals surface area contributed by atoms with Crippen LogP contribution in [0.25, 0.3) is 0 Å². The van der Waals surface area contributed by atoms with Crippen molar-refractivity contribution in [3.63, 3.8) is 0 Å². The van der Waals surface area contributed by atoms with Gasteiger partial charge in [0, 0.05) is 9.64 Å². The van der Waals surface area contributed by atoms with E-state index >= 15 is 0 Å². The summed E-state index contributed by atoms with van der Waals surface area (Å²) >= 11 is 2.09. The molecule has 1 amide bonds. The number of ether oxygens (including phenoxy) is 1. The molecule has 2 aromatic rings. The lowest BCUT2D eigenvalue weighted by Crippen LogP contribution is -2.22. The number of aryl methyl sites for hydroxylation is 2. The Kier molecular flexibility index (Phi) is 5.54. The molecule has 7 heteroatoms. The summed E-state index contributed by atoms with van der Waals surface area (Å²) in [5.74, 6) is -0.991. The number of carbonyl (C=O) groups excluding carboxylic acids is 2. The predicted molar refractivity (Wildman–Crippen MR) is 92.5 cm³/mol. The maximum Gasteiger partial charge on any atom is 0.342 e. The summed E-state index contributed by atoms with van der Waals surface area (Å²) in [7, 11) is 0. The highest BCUT2D eigenvalue weighted by Gasteiger charge is 2.18. The van der Waals surface area contributed by atoms with E-state index in [1.165, 1.54) is 13.0 Å². The van der Waals surface area contributed by atoms with Crippen LogP contribution in [0.1, 0.15) is 21.7 Å². The smallest absolute Gasteiger partial charge is 0.342 e. The number of amides is 1. The van der Waals surface area contributed by atoms with Crippen molar-refractivity contribution in [2.75, 3.05) is 11.9 Å². The van der Waals surface area contributed by atoms with Gasteiger partial charge in [0.05, 0.1) is 5.69 Å². The van der Waals surface area contributed by atoms with Crippen molar-refractivity contribution in [3.8, 4) is 0 Å². The van der Waals surface area contributed by atoms with Crippen molar-refractivity contribution in [3.05, 3.63) is 61.2 Å². The largest absolute Gasteiger partial charge is 0.452 e. The van der Waals surface area contributed by atoms with E-state index in [0.29, 0.717) is 11.3 Å². The Balaban J connectivity index is 2.01. The molecule has 1 aromatic carbocycles. The topological polar surface area (TPSA) is 85.6 Å². The van der Waals surface area contributed by atoms with Crippen LogP contribution in [0.5, 0.6) is 0 Å². The fraction of sp³-hybridized carbons (Fsp3) is 0.188. The highest BCUT2D eigenvalue weighted by atomic mass is 127. The third kappa shape index (κ3) is 4.41. The number of hydrogen-bond donors (Lipinski definition) is 1. The molecule has 1 N–H and O–H groups in total. The first-order valence-corrected chi connectivity index (χ1v) is 7.79. The van der Waals surface area contributed by atoms with Crippen molar-refractivity contribution in [2.24, 2.45) is 0 Å². The maximum atomic E-state index is 12.1. The minimum Gasteiger partial charge on any atom is -0.452 e. The number of benzene rings is 1. The van der Waals surface area contributed by atoms with Crippen molar-refractivity contribution < 1.29 is 18.7 Å². The van der Waals surface area contributed by atoms with E-state index in [1.54, 1.807) is 19.1 Å². The minimum absolute atomic E-state index is 0.159. The van der Waals surface area contributed by atoms with Crippen LogP contribution in [0.15, 0.2) is 39.5 Å². The molecule has 0 saturated carbocycles. The first kappa shape index (κ1) is 17.2. The van der Waals surface area contributed by atoms with Gasteiger partial charge in [0.25, 0.3) is 5.91 Å². The van der Waals surface area contributed by atoms with Gasteiger partial charge in [-0.15, -0.1) is 0 Å². The quantitative estimate of drug-likeness (QED) is 0.599. The molecule has 23 heavy (non-hydrogen) atoms. The van der Waals surface area contributed by atoms with Gasteiger partial charge in [0.15, 0.2) is 6.61 Å². The SMILES string of the molecule is Cc1cc(=O)oc(C)c1C(=O)OCC(=O)Nc1ccccc1I. The third-order valence-electron chi connectivity index (χ3n) is 3.02. The molecule has 0 unspecified atom stereocenters. The van der Waals surface area contributed by atoms with Crippen LogP contribution < -0.4 is 10.9 Å². The van der Waals surface area contributed by atoms with Gasteiger partial charge in [-0.3, -0.25) is 4.79 Å². The second-order valence-corrected chi connectivity index (χ2v) is 5.95. The molecule has 0 fully saturated rings. The zero-order chi connectivity index (χ0) is 17.0. The number of rotatable bonds is 4. The molecular formula is C16H14INO5. The molecule has 0 aliphatic rings. The Labute approximate surface area is 146 Å². The number of hydrogen-bond acceptors (Lipinski definition) is 5. The average molecular weight is 427 g/mol. The molecule has 6 nitrogen and oxygen atoms in total. The van der Waals surface area contributed by atoms with Gasteiger partial charge in [-0.2, -0.15) is 0 Å². The zero-order valence-corrected chi connectivity index (χ0v) is 14.7. The second-order valence-electron chi connectivity index (χ2n) is 4.78. The van der Waals surface area contributed by atoms with Crippen LogP contribution in [0.3, 0.4) is 0 Å². The van der Waals surface area contributed by atoms with Crippen molar-refractivity contribution >= 4 is 40.2 Å². The number of carbonyl (C=O) groups is 2. The lowest BCUT2D eigenvalue weighted by atomic mass is 10.1. The number of anilines is 1. The molecule has 120 valence electrons. The van der Waals surface area contributed by atoms with Crippen LogP contribution >= 0.6 is 22.6 Å². The highest BCUT2D eigenvalue weighted by molar-refractivity contribution is 14.1. The van der Waals surface area contributed by atoms with Gasteiger partial charge in [-0.25, -0.2) is 9.59 Å². The van der Waals surface area contributed by atoms with Gasteiger partial charge < -0.3 is 14.5 Å². The summed E-state index contributed by atoms with van der Waals surface area (Å²) in [4.78, 5) is 35.1. The standard InChI is InChI=1S/C16H14INO5/c1-9-7-14(20)23-10(2)15(9)16(21)22-8-13(19)18-12-6-4-3-5-11(12)17/h3-7H,8H2,1-2H3,(H,18,19). The highest BCUT2D eigenvalue weighted by Crippen LogP contribution is 2.17. The van der Waals surface area contributed by atoms with Gasteiger partial charge >= 0.3 is 11.6 Å². The Morgan fingerprint density at radius 1 is 1.26 bits per heavy atom. The molecule has 0 aliphatic heterocycles. The maximum absolute atomic E-state index is 12.1. The normalized spacial score (nSPS) is 10.2. The molecule has 0 radical (unpaired) electrons. The van der Waals surface area contributed by atoms with E-state index in [-0.39, 0.29) is 11.3 Å². The number of halogens is 1. The average Bonchev–Trinajstić information content (AvgIpc) is 2.46. The van der Waals surface area contributed by atoms with Crippen molar-refractivity contribution in [2.45, 2.75) is 13.8 Å². The predicted octanol–water partition coefficient (Wildman–Crippen LogP) is 2.66. The zero-order valence-electron chi connectivity index (χ0n) is 12.5. The van der Waals surface area contributed by atoms with E-state index in [4.69, 9.17) is 9.15 Å². The van der Waals surface area contributed by atoms with Crippen LogP contribution in [-0.2, 0) is 9.53 Å². The van der Waals surface area contributed by atoms with Crippen LogP contribution in [-0.4, -0.2) is 18.5 Å². The summed E-state index contributed by atoms with van der Waals surface area (Å²) in [5.41, 5.74) is 0.716. The van der Waals surface area contributed by atoms with Crippen LogP contribution in [0, 0.1) is 17.4 Å². The molecule has 0 bridgehead atoms. The van der Waals surface area contributed by atoms with Gasteiger partial charge in [-0.1, -0.05) is 12.1 Å². The lowest BCUT2D eigenvalue weighted by molar-refractivity contribution is -0.119. The monoisotopic (exact) mass is 427 g/mol. The Morgan fingerprint density at radius 3 is 2.61 bits per heavy atom. The fourth-order valence-corrected chi connectivity index (χ4v) is 2.54. The molecule has 2 rings (SSSR count). The van der Waals surface area contributed by atoms with E-state index in [9.17, 15) is 14.4 Å². The Hall–Kier alpha value is -2.16. The van der Waals surface area contributed by atoms with Crippen LogP contribution in [0.2, 0.25) is 0 Å². The molecule has 1 heterocycles. The summed E-state index contributed by atoms with van der Waals surface area (Å²) in [6, 6.07) is 8.45. The summed E-state index contributed by atoms with van der Waals surface area (Å²) in [5, 5.41) is 2.66. The first-order chi connectivity index (χ1) is 10.9. The molecular weight excluding hydrogens is 413 g/mol. The lowest BCUT2D eigenvalue weighted by Gasteiger charge is -2.09. The van der Waals surface area contributed by atoms with E-state index in [0.717, 1.165) is 3.57 Å². The number of para-hydroxylation sites is 1. The summed E-state index contributed by atoms with van der Waals surface area (Å²) in [6.45, 7) is 2.67. The van der Waals surface area contributed by atoms with Crippen LogP contribution in [0.4, 0.5) is 5.69 Å². The summed E-state index contributed by atoms with van der Waals surface area (Å²) in [6.07, 6.45) is 0. The molecule has 0 aliphatic carbocycles. The van der Waals surface area contributed by atoms with E-state index in [2.05, 4.69) is 27.9 Å². The Bertz CT molecular complexity index is 786. The third-order valence-corrected chi connectivity index (χ3v) is 3.96. The van der Waals surface area contributed by atoms with Crippen molar-refractivity contribution in [1.29, 1.82) is 0 Å². The van der Waals surface area contributed by atoms with Crippen molar-refractivity contribution in [1.82, 2.24) is 0 Å². The molecule has 0 saturated heterocycles. The van der Waals surface area contributed by atoms with E-state index < -0.39 is 24.1 Å². The molecule has 1 aromatic heterocycles. The van der Waals surface area contributed by atoms with E-state index in [1.807, 2.05) is 12.1 Å². The van der Waals surface area contributed by atoms with Gasteiger partial charge in [0.2, 0.25) is 0 Å². The van der Waals surface area contributed by atoms with Gasteiger partial charge in [-0.05, 0) is 54.1 Å². The second kappa shape index (κ2) is 7.40. The first-order valence-electron chi connectivity index (χ1n) is 6.71. The Morgan fingerprint density at radius 2 is 1.96 bits per heavy atom. The molecule has 0 spiro atoms. The summed E-state index contributed by atoms with van der Waals surface area (Å²) < 4.78 is 10.7.